The van der Waals surface area contributed by atoms with Crippen molar-refractivity contribution in [3.63, 3.8) is 0 Å². The molecule has 3 atom stereocenters. The van der Waals surface area contributed by atoms with Gasteiger partial charge >= 0.3 is 5.97 Å². The van der Waals surface area contributed by atoms with Gasteiger partial charge in [-0.05, 0) is 32.1 Å². The first kappa shape index (κ1) is 21.4. The number of hydrogen-bond donors (Lipinski definition) is 4. The molecule has 0 aromatic rings. The number of carbonyl (C=O) groups excluding carboxylic acids is 2. The van der Waals surface area contributed by atoms with Crippen LogP contribution in [0.5, 0.6) is 0 Å². The summed E-state index contributed by atoms with van der Waals surface area (Å²) < 4.78 is 0. The predicted octanol–water partition coefficient (Wildman–Crippen LogP) is 0.870. The Bertz CT molecular complexity index is 435. The summed E-state index contributed by atoms with van der Waals surface area (Å²) in [5.41, 5.74) is 4.61. The Morgan fingerprint density at radius 2 is 1.70 bits per heavy atom. The number of nitrogens with two attached hydrogens (primary N) is 1. The van der Waals surface area contributed by atoms with E-state index in [1.165, 1.54) is 13.8 Å². The summed E-state index contributed by atoms with van der Waals surface area (Å²) in [6.45, 7) is 10.6. The molecule has 2 amide bonds. The van der Waals surface area contributed by atoms with Gasteiger partial charge in [0.25, 0.3) is 0 Å². The first-order valence-electron chi connectivity index (χ1n) is 8.03. The average Bonchev–Trinajstić information content (AvgIpc) is 2.43. The normalized spacial score (nSPS) is 15.7. The number of amides is 2. The molecule has 23 heavy (non-hydrogen) atoms. The molecule has 0 aromatic heterocycles. The lowest BCUT2D eigenvalue weighted by Crippen LogP contribution is -2.61. The minimum Gasteiger partial charge on any atom is -0.480 e. The zero-order valence-electron chi connectivity index (χ0n) is 15.0. The third-order valence-electron chi connectivity index (χ3n) is 3.87. The lowest BCUT2D eigenvalue weighted by atomic mass is 9.96. The van der Waals surface area contributed by atoms with Crippen LogP contribution in [0.1, 0.15) is 54.4 Å². The minimum absolute atomic E-state index is 0.0124. The molecule has 0 aliphatic rings. The minimum atomic E-state index is -1.24. The van der Waals surface area contributed by atoms with Crippen molar-refractivity contribution in [2.24, 2.45) is 17.6 Å². The van der Waals surface area contributed by atoms with E-state index in [2.05, 4.69) is 10.6 Å². The van der Waals surface area contributed by atoms with E-state index < -0.39 is 35.4 Å². The van der Waals surface area contributed by atoms with E-state index in [0.717, 1.165) is 6.42 Å². The highest BCUT2D eigenvalue weighted by molar-refractivity contribution is 5.94. The van der Waals surface area contributed by atoms with E-state index in [0.29, 0.717) is 6.42 Å². The van der Waals surface area contributed by atoms with Gasteiger partial charge in [-0.25, -0.2) is 4.79 Å². The third kappa shape index (κ3) is 6.99. The van der Waals surface area contributed by atoms with Crippen molar-refractivity contribution in [2.45, 2.75) is 72.0 Å². The molecule has 0 rings (SSSR count). The Kier molecular flexibility index (Phi) is 8.23. The van der Waals surface area contributed by atoms with Gasteiger partial charge in [0.2, 0.25) is 11.8 Å². The van der Waals surface area contributed by atoms with Crippen LogP contribution in [0.15, 0.2) is 0 Å². The number of carbonyl (C=O) groups is 3. The molecule has 7 heteroatoms. The molecule has 5 N–H and O–H groups in total. The number of hydrogen-bond acceptors (Lipinski definition) is 4. The van der Waals surface area contributed by atoms with Crippen molar-refractivity contribution in [2.75, 3.05) is 0 Å². The molecule has 0 saturated carbocycles. The predicted molar refractivity (Wildman–Crippen MR) is 88.7 cm³/mol. The number of nitrogens with one attached hydrogen (secondary N) is 2. The van der Waals surface area contributed by atoms with Crippen LogP contribution >= 0.6 is 0 Å². The smallest absolute Gasteiger partial charge is 0.326 e. The molecular formula is C16H31N3O4. The van der Waals surface area contributed by atoms with Crippen LogP contribution < -0.4 is 16.4 Å². The third-order valence-corrected chi connectivity index (χ3v) is 3.87. The van der Waals surface area contributed by atoms with Crippen LogP contribution in [0.4, 0.5) is 0 Å². The van der Waals surface area contributed by atoms with Crippen molar-refractivity contribution in [1.82, 2.24) is 10.6 Å². The Morgan fingerprint density at radius 3 is 2.09 bits per heavy atom. The first-order chi connectivity index (χ1) is 10.4. The van der Waals surface area contributed by atoms with E-state index in [1.807, 2.05) is 27.7 Å². The maximum Gasteiger partial charge on any atom is 0.326 e. The number of carboxylic acid groups (broad SMARTS) is 1. The van der Waals surface area contributed by atoms with E-state index in [1.54, 1.807) is 0 Å². The molecule has 0 aromatic carbocycles. The second-order valence-corrected chi connectivity index (χ2v) is 7.02. The maximum absolute atomic E-state index is 12.3. The molecule has 7 nitrogen and oxygen atoms in total. The molecule has 0 radical (unpaired) electrons. The zero-order valence-corrected chi connectivity index (χ0v) is 15.0. The largest absolute Gasteiger partial charge is 0.480 e. The van der Waals surface area contributed by atoms with Crippen molar-refractivity contribution in [3.05, 3.63) is 0 Å². The second-order valence-electron chi connectivity index (χ2n) is 7.02. The Labute approximate surface area is 138 Å². The van der Waals surface area contributed by atoms with Gasteiger partial charge < -0.3 is 21.5 Å². The molecular weight excluding hydrogens is 298 g/mol. The van der Waals surface area contributed by atoms with E-state index >= 15 is 0 Å². The molecule has 0 spiro atoms. The van der Waals surface area contributed by atoms with Crippen molar-refractivity contribution < 1.29 is 19.5 Å². The van der Waals surface area contributed by atoms with Gasteiger partial charge in [0.05, 0.1) is 6.04 Å². The van der Waals surface area contributed by atoms with E-state index in [4.69, 9.17) is 5.73 Å². The fraction of sp³-hybridized carbons (Fsp3) is 0.812. The molecule has 0 aliphatic carbocycles. The van der Waals surface area contributed by atoms with Gasteiger partial charge in [0.15, 0.2) is 0 Å². The first-order valence-corrected chi connectivity index (χ1v) is 8.03. The van der Waals surface area contributed by atoms with Crippen LogP contribution in [0, 0.1) is 11.8 Å². The van der Waals surface area contributed by atoms with Crippen LogP contribution in [0.3, 0.4) is 0 Å². The Balaban J connectivity index is 4.88. The van der Waals surface area contributed by atoms with Crippen molar-refractivity contribution in [1.29, 1.82) is 0 Å². The molecule has 134 valence electrons. The van der Waals surface area contributed by atoms with Crippen LogP contribution in [0.2, 0.25) is 0 Å². The van der Waals surface area contributed by atoms with Gasteiger partial charge in [-0.1, -0.05) is 34.1 Å². The number of carboxylic acids is 1. The maximum atomic E-state index is 12.3. The topological polar surface area (TPSA) is 122 Å². The van der Waals surface area contributed by atoms with Crippen LogP contribution in [0.25, 0.3) is 0 Å². The summed E-state index contributed by atoms with van der Waals surface area (Å²) >= 11 is 0. The SMILES string of the molecule is CC[C@H](C)[C@H](N)C(=O)NC(C)(C)C(=O)N[C@@H](CC(C)C)C(=O)O. The van der Waals surface area contributed by atoms with Gasteiger partial charge in [0, 0.05) is 0 Å². The average molecular weight is 329 g/mol. The molecule has 0 saturated heterocycles. The lowest BCUT2D eigenvalue weighted by molar-refractivity contribution is -0.143. The van der Waals surface area contributed by atoms with Crippen LogP contribution in [-0.2, 0) is 14.4 Å². The van der Waals surface area contributed by atoms with Crippen molar-refractivity contribution in [3.8, 4) is 0 Å². The van der Waals surface area contributed by atoms with E-state index in [-0.39, 0.29) is 11.8 Å². The zero-order chi connectivity index (χ0) is 18.4. The summed E-state index contributed by atoms with van der Waals surface area (Å²) in [7, 11) is 0. The highest BCUT2D eigenvalue weighted by atomic mass is 16.4. The van der Waals surface area contributed by atoms with E-state index in [9.17, 15) is 19.5 Å². The summed E-state index contributed by atoms with van der Waals surface area (Å²) in [6, 6.07) is -1.69. The quantitative estimate of drug-likeness (QED) is 0.500. The Morgan fingerprint density at radius 1 is 1.17 bits per heavy atom. The fourth-order valence-corrected chi connectivity index (χ4v) is 1.99. The molecule has 0 fully saturated rings. The van der Waals surface area contributed by atoms with Crippen LogP contribution in [-0.4, -0.2) is 40.5 Å². The van der Waals surface area contributed by atoms with Gasteiger partial charge in [-0.3, -0.25) is 9.59 Å². The van der Waals surface area contributed by atoms with Gasteiger partial charge in [-0.2, -0.15) is 0 Å². The fourth-order valence-electron chi connectivity index (χ4n) is 1.99. The molecule has 0 heterocycles. The highest BCUT2D eigenvalue weighted by Crippen LogP contribution is 2.11. The van der Waals surface area contributed by atoms with Gasteiger partial charge in [-0.15, -0.1) is 0 Å². The highest BCUT2D eigenvalue weighted by Gasteiger charge is 2.34. The summed E-state index contributed by atoms with van der Waals surface area (Å²) in [5, 5.41) is 14.3. The summed E-state index contributed by atoms with van der Waals surface area (Å²) in [6.07, 6.45) is 1.06. The number of rotatable bonds is 9. The van der Waals surface area contributed by atoms with Gasteiger partial charge in [0.1, 0.15) is 11.6 Å². The molecule has 0 unspecified atom stereocenters. The van der Waals surface area contributed by atoms with Crippen molar-refractivity contribution >= 4 is 17.8 Å². The standard InChI is InChI=1S/C16H31N3O4/c1-7-10(4)12(17)13(20)19-16(5,6)15(23)18-11(14(21)22)8-9(2)3/h9-12H,7-8,17H2,1-6H3,(H,18,23)(H,19,20)(H,21,22)/t10-,11-,12-/m0/s1. The second kappa shape index (κ2) is 8.86. The summed E-state index contributed by atoms with van der Waals surface area (Å²) in [4.78, 5) is 35.7. The monoisotopic (exact) mass is 329 g/mol. The summed E-state index contributed by atoms with van der Waals surface area (Å²) in [5.74, 6) is -1.95. The lowest BCUT2D eigenvalue weighted by Gasteiger charge is -2.29. The molecule has 0 bridgehead atoms. The Hall–Kier alpha value is -1.63. The number of aliphatic carboxylic acids is 1. The molecule has 0 aliphatic heterocycles.